The maximum absolute atomic E-state index is 12.3. The van der Waals surface area contributed by atoms with E-state index in [0.717, 1.165) is 43.9 Å². The second-order valence-electron chi connectivity index (χ2n) is 6.62. The van der Waals surface area contributed by atoms with E-state index < -0.39 is 0 Å². The first kappa shape index (κ1) is 23.9. The molecular weight excluding hydrogens is 403 g/mol. The molecule has 27 heavy (non-hydrogen) atoms. The van der Waals surface area contributed by atoms with E-state index in [4.69, 9.17) is 5.73 Å². The second kappa shape index (κ2) is 11.6. The van der Waals surface area contributed by atoms with Gasteiger partial charge in [0.15, 0.2) is 0 Å². The lowest BCUT2D eigenvalue weighted by molar-refractivity contribution is 0.0904. The Hall–Kier alpha value is -1.18. The summed E-state index contributed by atoms with van der Waals surface area (Å²) in [4.78, 5) is 19.2. The number of benzene rings is 1. The first-order valence-electron chi connectivity index (χ1n) is 8.88. The third-order valence-corrected chi connectivity index (χ3v) is 5.63. The summed E-state index contributed by atoms with van der Waals surface area (Å²) in [6.45, 7) is 5.73. The average molecular weight is 431 g/mol. The lowest BCUT2D eigenvalue weighted by atomic mass is 10.0. The van der Waals surface area contributed by atoms with E-state index in [9.17, 15) is 4.79 Å². The predicted molar refractivity (Wildman–Crippen MR) is 116 cm³/mol. The number of amides is 1. The van der Waals surface area contributed by atoms with Crippen molar-refractivity contribution in [1.29, 1.82) is 0 Å². The third kappa shape index (κ3) is 6.73. The SMILES string of the molecule is Cc1ccccc1CN1CCC(NC(=O)c2csc(CCN)n2)CC1.Cl.Cl. The summed E-state index contributed by atoms with van der Waals surface area (Å²) in [5.74, 6) is -0.0584. The normalized spacial score (nSPS) is 14.9. The maximum atomic E-state index is 12.3. The first-order valence-corrected chi connectivity index (χ1v) is 9.76. The number of aryl methyl sites for hydroxylation is 1. The van der Waals surface area contributed by atoms with E-state index in [0.29, 0.717) is 12.2 Å². The topological polar surface area (TPSA) is 71.2 Å². The Morgan fingerprint density at radius 2 is 2.00 bits per heavy atom. The zero-order valence-electron chi connectivity index (χ0n) is 15.5. The molecule has 0 spiro atoms. The zero-order valence-corrected chi connectivity index (χ0v) is 18.0. The van der Waals surface area contributed by atoms with E-state index >= 15 is 0 Å². The number of nitrogens with zero attached hydrogens (tertiary/aromatic N) is 2. The summed E-state index contributed by atoms with van der Waals surface area (Å²) in [6.07, 6.45) is 2.70. The zero-order chi connectivity index (χ0) is 17.6. The van der Waals surface area contributed by atoms with Crippen LogP contribution in [0.25, 0.3) is 0 Å². The number of rotatable bonds is 6. The molecular formula is C19H28Cl2N4OS. The largest absolute Gasteiger partial charge is 0.348 e. The van der Waals surface area contributed by atoms with E-state index in [2.05, 4.69) is 46.4 Å². The number of aromatic nitrogens is 1. The molecule has 2 heterocycles. The van der Waals surface area contributed by atoms with Crippen molar-refractivity contribution >= 4 is 42.1 Å². The average Bonchev–Trinajstić information content (AvgIpc) is 3.08. The molecule has 0 bridgehead atoms. The summed E-state index contributed by atoms with van der Waals surface area (Å²) >= 11 is 1.51. The fourth-order valence-corrected chi connectivity index (χ4v) is 3.97. The van der Waals surface area contributed by atoms with Gasteiger partial charge in [0.2, 0.25) is 0 Å². The lowest BCUT2D eigenvalue weighted by Crippen LogP contribution is -2.44. The molecule has 3 rings (SSSR count). The van der Waals surface area contributed by atoms with E-state index in [1.54, 1.807) is 0 Å². The summed E-state index contributed by atoms with van der Waals surface area (Å²) in [6, 6.07) is 8.78. The van der Waals surface area contributed by atoms with Crippen molar-refractivity contribution in [3.63, 3.8) is 0 Å². The highest BCUT2D eigenvalue weighted by atomic mass is 35.5. The minimum atomic E-state index is -0.0584. The number of likely N-dealkylation sites (tertiary alicyclic amines) is 1. The summed E-state index contributed by atoms with van der Waals surface area (Å²) in [5, 5.41) is 5.89. The molecule has 5 nitrogen and oxygen atoms in total. The molecule has 0 aliphatic carbocycles. The van der Waals surface area contributed by atoms with Crippen LogP contribution in [-0.2, 0) is 13.0 Å². The van der Waals surface area contributed by atoms with Crippen molar-refractivity contribution in [3.8, 4) is 0 Å². The van der Waals surface area contributed by atoms with Crippen molar-refractivity contribution in [2.24, 2.45) is 5.73 Å². The van der Waals surface area contributed by atoms with Gasteiger partial charge in [0.25, 0.3) is 5.91 Å². The number of halogens is 2. The Bertz CT molecular complexity index is 717. The van der Waals surface area contributed by atoms with Crippen LogP contribution in [0.15, 0.2) is 29.6 Å². The van der Waals surface area contributed by atoms with Gasteiger partial charge in [0.1, 0.15) is 5.69 Å². The molecule has 1 aromatic carbocycles. The molecule has 0 saturated carbocycles. The molecule has 2 aromatic rings. The van der Waals surface area contributed by atoms with Crippen LogP contribution in [0.2, 0.25) is 0 Å². The van der Waals surface area contributed by atoms with E-state index in [-0.39, 0.29) is 36.8 Å². The molecule has 0 atom stereocenters. The molecule has 1 saturated heterocycles. The predicted octanol–water partition coefficient (Wildman–Crippen LogP) is 3.19. The van der Waals surface area contributed by atoms with Crippen molar-refractivity contribution in [1.82, 2.24) is 15.2 Å². The number of carbonyl (C=O) groups excluding carboxylic acids is 1. The molecule has 1 aliphatic rings. The van der Waals surface area contributed by atoms with Gasteiger partial charge in [-0.1, -0.05) is 24.3 Å². The third-order valence-electron chi connectivity index (χ3n) is 4.72. The van der Waals surface area contributed by atoms with Gasteiger partial charge in [-0.25, -0.2) is 4.98 Å². The van der Waals surface area contributed by atoms with Gasteiger partial charge in [-0.05, 0) is 37.4 Å². The molecule has 1 amide bonds. The highest BCUT2D eigenvalue weighted by Gasteiger charge is 2.22. The van der Waals surface area contributed by atoms with Crippen LogP contribution in [0, 0.1) is 6.92 Å². The van der Waals surface area contributed by atoms with E-state index in [1.807, 2.05) is 5.38 Å². The van der Waals surface area contributed by atoms with Gasteiger partial charge in [-0.3, -0.25) is 9.69 Å². The van der Waals surface area contributed by atoms with Crippen LogP contribution in [-0.4, -0.2) is 41.5 Å². The highest BCUT2D eigenvalue weighted by Crippen LogP contribution is 2.17. The minimum Gasteiger partial charge on any atom is -0.348 e. The first-order chi connectivity index (χ1) is 12.2. The summed E-state index contributed by atoms with van der Waals surface area (Å²) in [7, 11) is 0. The van der Waals surface area contributed by atoms with Crippen molar-refractivity contribution in [2.75, 3.05) is 19.6 Å². The van der Waals surface area contributed by atoms with Gasteiger partial charge >= 0.3 is 0 Å². The van der Waals surface area contributed by atoms with Crippen molar-refractivity contribution in [3.05, 3.63) is 51.5 Å². The molecule has 8 heteroatoms. The maximum Gasteiger partial charge on any atom is 0.270 e. The molecule has 0 radical (unpaired) electrons. The number of nitrogens with one attached hydrogen (secondary N) is 1. The monoisotopic (exact) mass is 430 g/mol. The van der Waals surface area contributed by atoms with Crippen LogP contribution in [0.1, 0.15) is 39.5 Å². The minimum absolute atomic E-state index is 0. The summed E-state index contributed by atoms with van der Waals surface area (Å²) < 4.78 is 0. The molecule has 1 fully saturated rings. The number of carbonyl (C=O) groups is 1. The van der Waals surface area contributed by atoms with E-state index in [1.165, 1.54) is 22.5 Å². The van der Waals surface area contributed by atoms with Gasteiger partial charge in [0, 0.05) is 37.5 Å². The fraction of sp³-hybridized carbons (Fsp3) is 0.474. The number of hydrogen-bond acceptors (Lipinski definition) is 5. The Morgan fingerprint density at radius 1 is 1.30 bits per heavy atom. The van der Waals surface area contributed by atoms with Crippen LogP contribution in [0.3, 0.4) is 0 Å². The Labute approximate surface area is 177 Å². The van der Waals surface area contributed by atoms with Gasteiger partial charge in [0.05, 0.1) is 5.01 Å². The fourth-order valence-electron chi connectivity index (χ4n) is 3.18. The summed E-state index contributed by atoms with van der Waals surface area (Å²) in [5.41, 5.74) is 8.79. The molecule has 1 aliphatic heterocycles. The number of nitrogens with two attached hydrogens (primary N) is 1. The Morgan fingerprint density at radius 3 is 2.67 bits per heavy atom. The number of piperidine rings is 1. The molecule has 0 unspecified atom stereocenters. The Balaban J connectivity index is 0.00000182. The number of thiazole rings is 1. The van der Waals surface area contributed by atoms with Crippen LogP contribution >= 0.6 is 36.2 Å². The van der Waals surface area contributed by atoms with Crippen LogP contribution < -0.4 is 11.1 Å². The van der Waals surface area contributed by atoms with Gasteiger partial charge < -0.3 is 11.1 Å². The smallest absolute Gasteiger partial charge is 0.270 e. The number of hydrogen-bond donors (Lipinski definition) is 2. The molecule has 3 N–H and O–H groups in total. The molecule has 150 valence electrons. The Kier molecular flexibility index (Phi) is 10.3. The quantitative estimate of drug-likeness (QED) is 0.737. The van der Waals surface area contributed by atoms with Crippen LogP contribution in [0.4, 0.5) is 0 Å². The lowest BCUT2D eigenvalue weighted by Gasteiger charge is -2.32. The van der Waals surface area contributed by atoms with Gasteiger partial charge in [-0.2, -0.15) is 0 Å². The standard InChI is InChI=1S/C19H26N4OS.2ClH/c1-14-4-2-3-5-15(14)12-23-10-7-16(8-11-23)21-19(24)17-13-25-18(22-17)6-9-20;;/h2-5,13,16H,6-12,20H2,1H3,(H,21,24);2*1H. The second-order valence-corrected chi connectivity index (χ2v) is 7.56. The van der Waals surface area contributed by atoms with Crippen molar-refractivity contribution < 1.29 is 4.79 Å². The van der Waals surface area contributed by atoms with Crippen LogP contribution in [0.5, 0.6) is 0 Å². The van der Waals surface area contributed by atoms with Gasteiger partial charge in [-0.15, -0.1) is 36.2 Å². The molecule has 1 aromatic heterocycles. The highest BCUT2D eigenvalue weighted by molar-refractivity contribution is 7.09. The van der Waals surface area contributed by atoms with Crippen molar-refractivity contribution in [2.45, 2.75) is 38.8 Å².